The molecule has 1 aliphatic carbocycles. The number of ether oxygens (including phenoxy) is 7. The van der Waals surface area contributed by atoms with Crippen LogP contribution >= 0.6 is 7.82 Å². The Balaban J connectivity index is 1.76. The first-order valence-corrected chi connectivity index (χ1v) is 37.1. The first-order chi connectivity index (χ1) is 44.8. The molecule has 2 saturated heterocycles. The molecule has 11 N–H and O–H groups in total. The number of hydrogen-bond acceptors (Lipinski definition) is 23. The molecule has 0 spiro atoms. The van der Waals surface area contributed by atoms with Gasteiger partial charge in [-0.2, -0.15) is 0 Å². The topological polar surface area (TPSA) is 374 Å². The molecule has 0 radical (unpaired) electrons. The largest absolute Gasteiger partial charge is 0.472 e. The molecule has 0 bridgehead atoms. The molecule has 25 heteroatoms. The van der Waals surface area contributed by atoms with E-state index in [-0.39, 0.29) is 19.3 Å². The second-order valence-electron chi connectivity index (χ2n) is 25.6. The number of unbranched alkanes of at least 4 members (excludes halogenated alkanes) is 29. The van der Waals surface area contributed by atoms with E-state index in [4.69, 9.17) is 42.2 Å². The van der Waals surface area contributed by atoms with E-state index in [2.05, 4.69) is 45.1 Å². The molecule has 18 atom stereocenters. The highest BCUT2D eigenvalue weighted by molar-refractivity contribution is 7.47. The minimum Gasteiger partial charge on any atom is -0.463 e. The van der Waals surface area contributed by atoms with Crippen LogP contribution in [0.4, 0.5) is 0 Å². The van der Waals surface area contributed by atoms with Crippen LogP contribution in [0.15, 0.2) is 24.3 Å². The molecule has 0 amide bonds. The van der Waals surface area contributed by atoms with E-state index < -0.39 is 156 Å². The minimum absolute atomic E-state index is 0.00771. The third-order valence-corrected chi connectivity index (χ3v) is 18.4. The van der Waals surface area contributed by atoms with Gasteiger partial charge in [-0.3, -0.25) is 23.4 Å². The molecule has 2 aliphatic heterocycles. The molecular weight excluding hydrogens is 1230 g/mol. The molecule has 93 heavy (non-hydrogen) atoms. The van der Waals surface area contributed by atoms with Gasteiger partial charge in [-0.1, -0.05) is 193 Å². The van der Waals surface area contributed by atoms with Crippen LogP contribution in [-0.2, 0) is 61.2 Å². The molecule has 1 saturated carbocycles. The van der Waals surface area contributed by atoms with Gasteiger partial charge in [0.15, 0.2) is 18.7 Å². The van der Waals surface area contributed by atoms with Crippen LogP contribution in [0.2, 0.25) is 0 Å². The van der Waals surface area contributed by atoms with Crippen LogP contribution in [0, 0.1) is 0 Å². The molecule has 544 valence electrons. The Morgan fingerprint density at radius 3 is 1.17 bits per heavy atom. The molecule has 3 fully saturated rings. The van der Waals surface area contributed by atoms with Crippen molar-refractivity contribution in [3.63, 3.8) is 0 Å². The Morgan fingerprint density at radius 1 is 0.409 bits per heavy atom. The van der Waals surface area contributed by atoms with Gasteiger partial charge in [0.05, 0.1) is 13.2 Å². The molecule has 24 nitrogen and oxygen atoms in total. The number of phosphoric acid groups is 1. The maximum atomic E-state index is 14.3. The van der Waals surface area contributed by atoms with Crippen molar-refractivity contribution >= 4 is 25.7 Å². The van der Waals surface area contributed by atoms with Crippen LogP contribution in [-0.4, -0.2) is 204 Å². The third-order valence-electron chi connectivity index (χ3n) is 17.5. The fraction of sp³-hybridized carbons (Fsp3) is 0.897. The third kappa shape index (κ3) is 34.7. The van der Waals surface area contributed by atoms with Gasteiger partial charge in [0.2, 0.25) is 0 Å². The Hall–Kier alpha value is -2.56. The Kier molecular flexibility index (Phi) is 46.2. The second kappa shape index (κ2) is 50.7. The van der Waals surface area contributed by atoms with Crippen LogP contribution in [0.1, 0.15) is 258 Å². The Bertz CT molecular complexity index is 2040. The summed E-state index contributed by atoms with van der Waals surface area (Å²) in [6, 6.07) is 0. The zero-order chi connectivity index (χ0) is 68.2. The molecule has 18 unspecified atom stereocenters. The summed E-state index contributed by atoms with van der Waals surface area (Å²) in [4.78, 5) is 50.8. The first kappa shape index (κ1) is 84.7. The summed E-state index contributed by atoms with van der Waals surface area (Å²) in [5.41, 5.74) is 0. The minimum atomic E-state index is -5.69. The van der Waals surface area contributed by atoms with Gasteiger partial charge in [-0.05, 0) is 70.6 Å². The van der Waals surface area contributed by atoms with Crippen molar-refractivity contribution < 1.29 is 117 Å². The van der Waals surface area contributed by atoms with Crippen LogP contribution in [0.25, 0.3) is 0 Å². The monoisotopic (exact) mass is 1350 g/mol. The lowest BCUT2D eigenvalue weighted by Crippen LogP contribution is -2.69. The normalized spacial score (nSPS) is 28.6. The van der Waals surface area contributed by atoms with Gasteiger partial charge in [-0.15, -0.1) is 0 Å². The Morgan fingerprint density at radius 2 is 0.753 bits per heavy atom. The first-order valence-electron chi connectivity index (χ1n) is 35.6. The number of carbonyl (C=O) groups is 3. The number of rotatable bonds is 54. The number of aliphatic hydroxyl groups excluding tert-OH is 10. The van der Waals surface area contributed by atoms with E-state index in [1.165, 1.54) is 103 Å². The zero-order valence-corrected chi connectivity index (χ0v) is 57.2. The van der Waals surface area contributed by atoms with Gasteiger partial charge in [0.1, 0.15) is 98.7 Å². The van der Waals surface area contributed by atoms with Gasteiger partial charge in [0, 0.05) is 19.3 Å². The van der Waals surface area contributed by atoms with Crippen molar-refractivity contribution in [2.45, 2.75) is 362 Å². The summed E-state index contributed by atoms with van der Waals surface area (Å²) in [6.07, 6.45) is 8.55. The van der Waals surface area contributed by atoms with Crippen molar-refractivity contribution in [1.29, 1.82) is 0 Å². The lowest BCUT2D eigenvalue weighted by atomic mass is 9.84. The molecule has 0 aromatic rings. The second-order valence-corrected chi connectivity index (χ2v) is 27.0. The van der Waals surface area contributed by atoms with Crippen molar-refractivity contribution in [1.82, 2.24) is 0 Å². The smallest absolute Gasteiger partial charge is 0.463 e. The van der Waals surface area contributed by atoms with E-state index in [9.17, 15) is 74.9 Å². The van der Waals surface area contributed by atoms with Gasteiger partial charge < -0.3 is 89.1 Å². The summed E-state index contributed by atoms with van der Waals surface area (Å²) in [6.45, 7) is 3.37. The summed E-state index contributed by atoms with van der Waals surface area (Å²) in [5, 5.41) is 110. The van der Waals surface area contributed by atoms with Crippen LogP contribution < -0.4 is 0 Å². The highest BCUT2D eigenvalue weighted by Gasteiger charge is 2.58. The molecule has 3 rings (SSSR count). The number of esters is 3. The Labute approximate surface area is 554 Å². The summed E-state index contributed by atoms with van der Waals surface area (Å²) in [5.74, 6) is -2.03. The lowest BCUT2D eigenvalue weighted by molar-refractivity contribution is -0.360. The summed E-state index contributed by atoms with van der Waals surface area (Å²) < 4.78 is 64.8. The number of allylic oxidation sites excluding steroid dienone is 4. The van der Waals surface area contributed by atoms with E-state index >= 15 is 0 Å². The van der Waals surface area contributed by atoms with Gasteiger partial charge >= 0.3 is 25.7 Å². The molecular formula is C68H123O24P. The SMILES string of the molecule is CCCCCCCC/C=C\CCCCCC(=O)OC(COC(=O)CCCCCCCCCCCCC)COP(=O)(O)OC1C(OC2OC(CO)C(O)C(O)C2O)C(O)C(O)C(O)C1OC1OC(COC(=O)CCCCC/C=C\CCCCCCCCC)C(O)C(O)C1O. The maximum absolute atomic E-state index is 14.3. The number of aliphatic hydroxyl groups is 10. The van der Waals surface area contributed by atoms with Crippen molar-refractivity contribution in [2.75, 3.05) is 26.4 Å². The van der Waals surface area contributed by atoms with E-state index in [0.29, 0.717) is 25.7 Å². The molecule has 2 heterocycles. The average molecular weight is 1360 g/mol. The molecule has 3 aliphatic rings. The average Bonchev–Trinajstić information content (AvgIpc) is 0.774. The molecule has 0 aromatic heterocycles. The van der Waals surface area contributed by atoms with Crippen LogP contribution in [0.3, 0.4) is 0 Å². The number of hydrogen-bond donors (Lipinski definition) is 11. The summed E-state index contributed by atoms with van der Waals surface area (Å²) >= 11 is 0. The highest BCUT2D eigenvalue weighted by atomic mass is 31.2. The van der Waals surface area contributed by atoms with E-state index in [1.54, 1.807) is 0 Å². The highest BCUT2D eigenvalue weighted by Crippen LogP contribution is 2.49. The number of carbonyl (C=O) groups excluding carboxylic acids is 3. The van der Waals surface area contributed by atoms with Gasteiger partial charge in [0.25, 0.3) is 0 Å². The van der Waals surface area contributed by atoms with Crippen LogP contribution in [0.5, 0.6) is 0 Å². The van der Waals surface area contributed by atoms with Crippen molar-refractivity contribution in [3.05, 3.63) is 24.3 Å². The molecule has 0 aromatic carbocycles. The fourth-order valence-electron chi connectivity index (χ4n) is 11.6. The number of phosphoric ester groups is 1. The zero-order valence-electron chi connectivity index (χ0n) is 56.3. The maximum Gasteiger partial charge on any atom is 0.472 e. The van der Waals surface area contributed by atoms with E-state index in [0.717, 1.165) is 89.9 Å². The predicted octanol–water partition coefficient (Wildman–Crippen LogP) is 8.57. The quantitative estimate of drug-likeness (QED) is 0.00892. The fourth-order valence-corrected chi connectivity index (χ4v) is 12.5. The van der Waals surface area contributed by atoms with Crippen molar-refractivity contribution in [2.24, 2.45) is 0 Å². The van der Waals surface area contributed by atoms with Gasteiger partial charge in [-0.25, -0.2) is 4.57 Å². The predicted molar refractivity (Wildman–Crippen MR) is 347 cm³/mol. The standard InChI is InChI=1S/C68H123O24P/c1-4-7-10-13-16-19-22-24-26-28-31-34-37-40-43-53(71)85-48-51-56(74)58(76)63(81)68(89-51)91-65-61(79)59(77)60(78)64(90-67-62(80)57(75)55(73)50(45-69)88-67)66(65)92-93(82,83)86-47-49(46-84-52(70)42-39-36-33-30-27-21-18-15-12-9-6-3)87-54(72)44-41-38-35-32-29-25-23-20-17-14-11-8-5-2/h25-26,28-29,49-51,55-69,73-81H,4-24,27,30-48H2,1-3H3,(H,82,83)/b28-26-,29-25-. The van der Waals surface area contributed by atoms with Crippen molar-refractivity contribution in [3.8, 4) is 0 Å². The summed E-state index contributed by atoms with van der Waals surface area (Å²) in [7, 11) is -5.69. The van der Waals surface area contributed by atoms with E-state index in [1.807, 2.05) is 0 Å². The lowest BCUT2D eigenvalue weighted by Gasteiger charge is -2.49.